The van der Waals surface area contributed by atoms with Gasteiger partial charge >= 0.3 is 5.63 Å². The van der Waals surface area contributed by atoms with Crippen LogP contribution < -0.4 is 15.1 Å². The van der Waals surface area contributed by atoms with Crippen molar-refractivity contribution in [2.75, 3.05) is 28.3 Å². The number of aliphatic hydroxyl groups is 2. The van der Waals surface area contributed by atoms with Gasteiger partial charge in [0.15, 0.2) is 0 Å². The van der Waals surface area contributed by atoms with Crippen LogP contribution in [0.2, 0.25) is 0 Å². The molecule has 4 aromatic rings. The molecule has 0 aliphatic carbocycles. The third-order valence-electron chi connectivity index (χ3n) is 7.33. The van der Waals surface area contributed by atoms with E-state index in [-0.39, 0.29) is 11.3 Å². The molecule has 0 unspecified atom stereocenters. The molecule has 0 radical (unpaired) electrons. The lowest BCUT2D eigenvalue weighted by Crippen LogP contribution is -2.58. The summed E-state index contributed by atoms with van der Waals surface area (Å²) in [5.74, 6) is 0.759. The number of hydrogen-bond acceptors (Lipinski definition) is 9. The fourth-order valence-electron chi connectivity index (χ4n) is 5.62. The Morgan fingerprint density at radius 1 is 0.919 bits per heavy atom. The first-order valence-electron chi connectivity index (χ1n) is 12.0. The zero-order valence-electron chi connectivity index (χ0n) is 21.6. The van der Waals surface area contributed by atoms with Gasteiger partial charge in [-0.25, -0.2) is 4.79 Å². The van der Waals surface area contributed by atoms with Crippen LogP contribution in [-0.4, -0.2) is 72.9 Å². The first-order chi connectivity index (χ1) is 17.6. The Morgan fingerprint density at radius 2 is 1.59 bits per heavy atom. The van der Waals surface area contributed by atoms with Crippen molar-refractivity contribution in [3.63, 3.8) is 0 Å². The summed E-state index contributed by atoms with van der Waals surface area (Å²) in [5, 5.41) is 35.2. The molecule has 9 heteroatoms. The van der Waals surface area contributed by atoms with E-state index in [1.54, 1.807) is 44.1 Å². The quantitative estimate of drug-likeness (QED) is 0.281. The molecule has 37 heavy (non-hydrogen) atoms. The lowest BCUT2D eigenvalue weighted by atomic mass is 9.86. The summed E-state index contributed by atoms with van der Waals surface area (Å²) in [6.07, 6.45) is -3.55. The first-order valence-corrected chi connectivity index (χ1v) is 12.0. The van der Waals surface area contributed by atoms with E-state index in [0.29, 0.717) is 44.0 Å². The lowest BCUT2D eigenvalue weighted by molar-refractivity contribution is -0.197. The van der Waals surface area contributed by atoms with Gasteiger partial charge in [-0.1, -0.05) is 6.07 Å². The smallest absolute Gasteiger partial charge is 0.344 e. The van der Waals surface area contributed by atoms with Crippen molar-refractivity contribution in [2.24, 2.45) is 0 Å². The summed E-state index contributed by atoms with van der Waals surface area (Å²) in [7, 11) is 6.57. The fourth-order valence-corrected chi connectivity index (χ4v) is 5.62. The Bertz CT molecular complexity index is 1580. The largest absolute Gasteiger partial charge is 0.507 e. The molecule has 0 bridgehead atoms. The van der Waals surface area contributed by atoms with Crippen molar-refractivity contribution in [1.82, 2.24) is 4.90 Å². The Balaban J connectivity index is 1.94. The maximum atomic E-state index is 13.2. The number of hydrogen-bond donors (Lipinski definition) is 3. The van der Waals surface area contributed by atoms with E-state index in [1.165, 1.54) is 20.3 Å². The first kappa shape index (κ1) is 25.3. The fraction of sp³-hybridized carbons (Fsp3) is 0.393. The van der Waals surface area contributed by atoms with Crippen LogP contribution in [0.1, 0.15) is 24.2 Å². The number of methoxy groups -OCH3 is 2. The van der Waals surface area contributed by atoms with E-state index in [9.17, 15) is 20.1 Å². The number of aromatic hydroxyl groups is 1. The SMILES string of the molecule is COc1cc2c(oc(=O)c3cc(C)cc(OC)c32)c2c([C@@H]3O[C@H](C)[C@@H](O)[C@H](N(C)C)[C@H]3O)ccc(O)c12. The number of likely N-dealkylation sites (N-methyl/N-ethyl adjacent to an activating group) is 1. The number of ether oxygens (including phenoxy) is 3. The van der Waals surface area contributed by atoms with E-state index < -0.39 is 36.1 Å². The maximum absolute atomic E-state index is 13.2. The predicted molar refractivity (Wildman–Crippen MR) is 140 cm³/mol. The topological polar surface area (TPSA) is 122 Å². The van der Waals surface area contributed by atoms with E-state index in [1.807, 2.05) is 13.0 Å². The van der Waals surface area contributed by atoms with Crippen LogP contribution in [0.5, 0.6) is 17.2 Å². The van der Waals surface area contributed by atoms with Gasteiger partial charge in [0.2, 0.25) is 0 Å². The monoisotopic (exact) mass is 509 g/mol. The molecule has 196 valence electrons. The van der Waals surface area contributed by atoms with Crippen LogP contribution in [0.3, 0.4) is 0 Å². The van der Waals surface area contributed by atoms with Gasteiger partial charge in [-0.3, -0.25) is 0 Å². The summed E-state index contributed by atoms with van der Waals surface area (Å²) in [4.78, 5) is 15.0. The number of nitrogens with zero attached hydrogens (tertiary/aromatic N) is 1. The molecule has 0 spiro atoms. The second kappa shape index (κ2) is 9.18. The number of rotatable bonds is 4. The molecule has 1 aromatic heterocycles. The minimum atomic E-state index is -1.13. The van der Waals surface area contributed by atoms with E-state index in [0.717, 1.165) is 5.56 Å². The maximum Gasteiger partial charge on any atom is 0.344 e. The van der Waals surface area contributed by atoms with Gasteiger partial charge in [-0.15, -0.1) is 0 Å². The van der Waals surface area contributed by atoms with Crippen LogP contribution in [0, 0.1) is 6.92 Å². The van der Waals surface area contributed by atoms with Crippen molar-refractivity contribution in [3.8, 4) is 17.2 Å². The third-order valence-corrected chi connectivity index (χ3v) is 7.33. The van der Waals surface area contributed by atoms with E-state index in [4.69, 9.17) is 18.6 Å². The highest BCUT2D eigenvalue weighted by molar-refractivity contribution is 6.19. The molecule has 1 saturated heterocycles. The predicted octanol–water partition coefficient (Wildman–Crippen LogP) is 3.24. The highest BCUT2D eigenvalue weighted by atomic mass is 16.5. The Kier molecular flexibility index (Phi) is 6.27. The molecule has 1 fully saturated rings. The molecular formula is C28H31NO8. The standard InChI is InChI=1S/C28H31NO8/c1-12-9-16-20(18(10-12)34-5)15-11-19(35-6)22-17(30)8-7-14(21(22)26(15)37-28(16)33)27-25(32)23(29(3)4)24(31)13(2)36-27/h7-11,13,23-25,27,30-32H,1-6H3/t13-,23+,24-,25-,27+/m1/s1. The van der Waals surface area contributed by atoms with Gasteiger partial charge in [0.1, 0.15) is 35.0 Å². The molecule has 1 aliphatic rings. The van der Waals surface area contributed by atoms with Crippen molar-refractivity contribution in [3.05, 3.63) is 51.9 Å². The minimum Gasteiger partial charge on any atom is -0.507 e. The lowest BCUT2D eigenvalue weighted by Gasteiger charge is -2.45. The van der Waals surface area contributed by atoms with E-state index >= 15 is 0 Å². The molecule has 3 N–H and O–H groups in total. The second-order valence-electron chi connectivity index (χ2n) is 9.86. The number of aliphatic hydroxyl groups excluding tert-OH is 2. The summed E-state index contributed by atoms with van der Waals surface area (Å²) < 4.78 is 23.4. The highest BCUT2D eigenvalue weighted by Crippen LogP contribution is 2.47. The van der Waals surface area contributed by atoms with Gasteiger partial charge < -0.3 is 38.8 Å². The zero-order chi connectivity index (χ0) is 26.8. The average Bonchev–Trinajstić information content (AvgIpc) is 2.86. The molecule has 0 amide bonds. The van der Waals surface area contributed by atoms with Crippen LogP contribution >= 0.6 is 0 Å². The molecule has 5 rings (SSSR count). The number of benzene rings is 3. The molecule has 0 saturated carbocycles. The van der Waals surface area contributed by atoms with Gasteiger partial charge in [0.05, 0.1) is 43.2 Å². The molecular weight excluding hydrogens is 478 g/mol. The van der Waals surface area contributed by atoms with Crippen molar-refractivity contribution in [2.45, 2.75) is 44.3 Å². The minimum absolute atomic E-state index is 0.0846. The van der Waals surface area contributed by atoms with Crippen molar-refractivity contribution < 1.29 is 33.9 Å². The zero-order valence-corrected chi connectivity index (χ0v) is 21.6. The Morgan fingerprint density at radius 3 is 2.24 bits per heavy atom. The Labute approximate surface area is 213 Å². The molecule has 3 aromatic carbocycles. The molecule has 9 nitrogen and oxygen atoms in total. The number of phenolic OH excluding ortho intramolecular Hbond substituents is 1. The molecule has 2 heterocycles. The normalized spacial score (nSPS) is 24.3. The van der Waals surface area contributed by atoms with E-state index in [2.05, 4.69) is 0 Å². The number of fused-ring (bicyclic) bond motifs is 5. The van der Waals surface area contributed by atoms with Gasteiger partial charge in [-0.2, -0.15) is 0 Å². The van der Waals surface area contributed by atoms with Crippen LogP contribution in [0.15, 0.2) is 39.5 Å². The van der Waals surface area contributed by atoms with Crippen molar-refractivity contribution >= 4 is 32.5 Å². The molecule has 5 atom stereocenters. The highest BCUT2D eigenvalue weighted by Gasteiger charge is 2.45. The van der Waals surface area contributed by atoms with Crippen LogP contribution in [-0.2, 0) is 4.74 Å². The second-order valence-corrected chi connectivity index (χ2v) is 9.86. The summed E-state index contributed by atoms with van der Waals surface area (Å²) in [6.45, 7) is 3.60. The Hall–Kier alpha value is -3.37. The van der Waals surface area contributed by atoms with Crippen LogP contribution in [0.4, 0.5) is 0 Å². The van der Waals surface area contributed by atoms with Gasteiger partial charge in [-0.05, 0) is 63.3 Å². The number of aryl methyl sites for hydroxylation is 1. The number of phenols is 1. The molecule has 1 aliphatic heterocycles. The average molecular weight is 510 g/mol. The van der Waals surface area contributed by atoms with Gasteiger partial charge in [0.25, 0.3) is 0 Å². The summed E-state index contributed by atoms with van der Waals surface area (Å²) >= 11 is 0. The van der Waals surface area contributed by atoms with Crippen LogP contribution in [0.25, 0.3) is 32.5 Å². The summed E-state index contributed by atoms with van der Waals surface area (Å²) in [6, 6.07) is 7.79. The summed E-state index contributed by atoms with van der Waals surface area (Å²) in [5.41, 5.74) is 0.967. The third kappa shape index (κ3) is 3.81. The van der Waals surface area contributed by atoms with Crippen molar-refractivity contribution in [1.29, 1.82) is 0 Å². The van der Waals surface area contributed by atoms with Gasteiger partial charge in [0, 0.05) is 16.2 Å².